The number of thioether (sulfide) groups is 1. The number of thiazole rings is 1. The maximum absolute atomic E-state index is 12.8. The number of likely N-dealkylation sites (N-methyl/N-ethyl adjacent to an activating group) is 1. The van der Waals surface area contributed by atoms with E-state index in [0.717, 1.165) is 34.4 Å². The molecule has 0 bridgehead atoms. The van der Waals surface area contributed by atoms with Crippen molar-refractivity contribution in [3.05, 3.63) is 59.2 Å². The molecule has 1 aromatic carbocycles. The number of pyridine rings is 1. The summed E-state index contributed by atoms with van der Waals surface area (Å²) in [5, 5.41) is 3.86. The third-order valence-electron chi connectivity index (χ3n) is 5.03. The Balaban J connectivity index is 1.38. The average Bonchev–Trinajstić information content (AvgIpc) is 3.22. The Bertz CT molecular complexity index is 1090. The molecule has 4 rings (SSSR count). The van der Waals surface area contributed by atoms with Gasteiger partial charge < -0.3 is 4.90 Å². The lowest BCUT2D eigenvalue weighted by atomic mass is 10.2. The lowest BCUT2D eigenvalue weighted by Gasteiger charge is -2.31. The molecule has 1 saturated heterocycles. The minimum absolute atomic E-state index is 0.256. The van der Waals surface area contributed by atoms with Crippen molar-refractivity contribution in [1.29, 1.82) is 0 Å². The Hall–Kier alpha value is -1.78. The van der Waals surface area contributed by atoms with Crippen molar-refractivity contribution in [2.24, 2.45) is 0 Å². The Morgan fingerprint density at radius 2 is 1.80 bits per heavy atom. The van der Waals surface area contributed by atoms with Crippen LogP contribution in [0.4, 0.5) is 0 Å². The van der Waals surface area contributed by atoms with Crippen molar-refractivity contribution in [1.82, 2.24) is 19.2 Å². The summed E-state index contributed by atoms with van der Waals surface area (Å²) in [5.41, 5.74) is 3.35. The number of aryl methyl sites for hydroxylation is 1. The summed E-state index contributed by atoms with van der Waals surface area (Å²) in [6.45, 7) is 4.60. The molecule has 0 radical (unpaired) electrons. The van der Waals surface area contributed by atoms with E-state index in [9.17, 15) is 8.42 Å². The van der Waals surface area contributed by atoms with E-state index in [1.807, 2.05) is 7.05 Å². The molecular formula is C21H24N4O2S3. The van der Waals surface area contributed by atoms with E-state index in [1.165, 1.54) is 11.8 Å². The maximum Gasteiger partial charge on any atom is 0.244 e. The predicted octanol–water partition coefficient (Wildman–Crippen LogP) is 3.74. The summed E-state index contributed by atoms with van der Waals surface area (Å²) in [6, 6.07) is 11.8. The van der Waals surface area contributed by atoms with Crippen molar-refractivity contribution in [2.75, 3.05) is 33.2 Å². The number of piperazine rings is 1. The van der Waals surface area contributed by atoms with E-state index in [1.54, 1.807) is 39.5 Å². The van der Waals surface area contributed by atoms with Gasteiger partial charge in [0.2, 0.25) is 10.0 Å². The SMILES string of the molecule is Cc1ccc(-c2nc(CSc3ccc(S(=O)(=O)N4CCN(C)CC4)cn3)cs2)cc1. The molecular weight excluding hydrogens is 436 g/mol. The van der Waals surface area contributed by atoms with Gasteiger partial charge in [0.15, 0.2) is 0 Å². The number of benzene rings is 1. The predicted molar refractivity (Wildman–Crippen MR) is 122 cm³/mol. The van der Waals surface area contributed by atoms with Crippen molar-refractivity contribution < 1.29 is 8.42 Å². The van der Waals surface area contributed by atoms with E-state index in [4.69, 9.17) is 4.98 Å². The van der Waals surface area contributed by atoms with Gasteiger partial charge in [0, 0.05) is 49.1 Å². The van der Waals surface area contributed by atoms with Crippen molar-refractivity contribution in [3.8, 4) is 10.6 Å². The highest BCUT2D eigenvalue weighted by Crippen LogP contribution is 2.28. The second-order valence-corrected chi connectivity index (χ2v) is 11.1. The topological polar surface area (TPSA) is 66.4 Å². The van der Waals surface area contributed by atoms with Crippen LogP contribution in [-0.4, -0.2) is 60.8 Å². The van der Waals surface area contributed by atoms with Gasteiger partial charge in [0.25, 0.3) is 0 Å². The van der Waals surface area contributed by atoms with Crippen LogP contribution in [0.2, 0.25) is 0 Å². The standard InChI is InChI=1S/C21H24N4O2S3/c1-16-3-5-17(6-4-16)21-23-18(15-29-21)14-28-20-8-7-19(13-22-20)30(26,27)25-11-9-24(2)10-12-25/h3-8,13,15H,9-12,14H2,1-2H3. The molecule has 6 nitrogen and oxygen atoms in total. The number of hydrogen-bond donors (Lipinski definition) is 0. The molecule has 1 aliphatic heterocycles. The second-order valence-electron chi connectivity index (χ2n) is 7.34. The first kappa shape index (κ1) is 21.5. The van der Waals surface area contributed by atoms with Gasteiger partial charge in [-0.2, -0.15) is 4.31 Å². The third kappa shape index (κ3) is 4.92. The minimum Gasteiger partial charge on any atom is -0.304 e. The Morgan fingerprint density at radius 1 is 1.07 bits per heavy atom. The van der Waals surface area contributed by atoms with Crippen LogP contribution in [-0.2, 0) is 15.8 Å². The summed E-state index contributed by atoms with van der Waals surface area (Å²) in [4.78, 5) is 11.5. The van der Waals surface area contributed by atoms with Gasteiger partial charge in [-0.3, -0.25) is 0 Å². The van der Waals surface area contributed by atoms with E-state index in [2.05, 4.69) is 46.5 Å². The highest BCUT2D eigenvalue weighted by atomic mass is 32.2. The fourth-order valence-electron chi connectivity index (χ4n) is 3.13. The van der Waals surface area contributed by atoms with E-state index >= 15 is 0 Å². The number of sulfonamides is 1. The largest absolute Gasteiger partial charge is 0.304 e. The molecule has 0 amide bonds. The van der Waals surface area contributed by atoms with Gasteiger partial charge in [-0.15, -0.1) is 23.1 Å². The van der Waals surface area contributed by atoms with Gasteiger partial charge in [-0.25, -0.2) is 18.4 Å². The third-order valence-corrected chi connectivity index (χ3v) is 8.83. The van der Waals surface area contributed by atoms with E-state index < -0.39 is 10.0 Å². The quantitative estimate of drug-likeness (QED) is 0.522. The van der Waals surface area contributed by atoms with Crippen molar-refractivity contribution >= 4 is 33.1 Å². The molecule has 30 heavy (non-hydrogen) atoms. The molecule has 1 aliphatic rings. The molecule has 0 saturated carbocycles. The van der Waals surface area contributed by atoms with Gasteiger partial charge in [0.1, 0.15) is 9.90 Å². The maximum atomic E-state index is 12.8. The van der Waals surface area contributed by atoms with Gasteiger partial charge in [-0.05, 0) is 26.1 Å². The zero-order valence-corrected chi connectivity index (χ0v) is 19.4. The average molecular weight is 461 g/mol. The van der Waals surface area contributed by atoms with Crippen LogP contribution in [0.15, 0.2) is 57.9 Å². The fourth-order valence-corrected chi connectivity index (χ4v) is 6.17. The molecule has 0 aliphatic carbocycles. The van der Waals surface area contributed by atoms with Gasteiger partial charge >= 0.3 is 0 Å². The highest BCUT2D eigenvalue weighted by Gasteiger charge is 2.27. The lowest BCUT2D eigenvalue weighted by Crippen LogP contribution is -2.47. The normalized spacial score (nSPS) is 16.1. The Kier molecular flexibility index (Phi) is 6.54. The Labute approximate surface area is 186 Å². The van der Waals surface area contributed by atoms with Crippen LogP contribution in [0.25, 0.3) is 10.6 Å². The first-order valence-electron chi connectivity index (χ1n) is 9.71. The molecule has 0 atom stereocenters. The molecule has 2 aromatic heterocycles. The summed E-state index contributed by atoms with van der Waals surface area (Å²) < 4.78 is 27.1. The summed E-state index contributed by atoms with van der Waals surface area (Å²) in [6.07, 6.45) is 1.47. The summed E-state index contributed by atoms with van der Waals surface area (Å²) in [5.74, 6) is 0.694. The van der Waals surface area contributed by atoms with Crippen LogP contribution < -0.4 is 0 Å². The minimum atomic E-state index is -3.48. The zero-order chi connectivity index (χ0) is 21.1. The van der Waals surface area contributed by atoms with Crippen molar-refractivity contribution in [2.45, 2.75) is 22.6 Å². The number of rotatable bonds is 6. The van der Waals surface area contributed by atoms with Crippen LogP contribution >= 0.6 is 23.1 Å². The van der Waals surface area contributed by atoms with Crippen LogP contribution in [0.5, 0.6) is 0 Å². The number of aromatic nitrogens is 2. The lowest BCUT2D eigenvalue weighted by molar-refractivity contribution is 0.222. The molecule has 0 N–H and O–H groups in total. The summed E-state index contributed by atoms with van der Waals surface area (Å²) in [7, 11) is -1.47. The fraction of sp³-hybridized carbons (Fsp3) is 0.333. The number of nitrogens with zero attached hydrogens (tertiary/aromatic N) is 4. The Morgan fingerprint density at radius 3 is 2.47 bits per heavy atom. The monoisotopic (exact) mass is 460 g/mol. The number of hydrogen-bond acceptors (Lipinski definition) is 7. The second kappa shape index (κ2) is 9.15. The molecule has 9 heteroatoms. The molecule has 158 valence electrons. The van der Waals surface area contributed by atoms with Crippen LogP contribution in [0, 0.1) is 6.92 Å². The van der Waals surface area contributed by atoms with E-state index in [-0.39, 0.29) is 4.90 Å². The van der Waals surface area contributed by atoms with E-state index in [0.29, 0.717) is 18.8 Å². The van der Waals surface area contributed by atoms with Gasteiger partial charge in [0.05, 0.1) is 10.7 Å². The summed E-state index contributed by atoms with van der Waals surface area (Å²) >= 11 is 3.19. The molecule has 1 fully saturated rings. The zero-order valence-electron chi connectivity index (χ0n) is 17.0. The first-order chi connectivity index (χ1) is 14.4. The molecule has 3 heterocycles. The van der Waals surface area contributed by atoms with Crippen LogP contribution in [0.1, 0.15) is 11.3 Å². The highest BCUT2D eigenvalue weighted by molar-refractivity contribution is 7.98. The van der Waals surface area contributed by atoms with Crippen molar-refractivity contribution in [3.63, 3.8) is 0 Å². The molecule has 3 aromatic rings. The smallest absolute Gasteiger partial charge is 0.244 e. The first-order valence-corrected chi connectivity index (χ1v) is 13.0. The molecule has 0 unspecified atom stereocenters. The van der Waals surface area contributed by atoms with Gasteiger partial charge in [-0.1, -0.05) is 29.8 Å². The molecule has 0 spiro atoms. The van der Waals surface area contributed by atoms with Crippen LogP contribution in [0.3, 0.4) is 0 Å².